The van der Waals surface area contributed by atoms with Crippen LogP contribution < -0.4 is 16.2 Å². The number of carbonyl (C=O) groups excluding carboxylic acids is 1. The highest BCUT2D eigenvalue weighted by atomic mass is 16.5. The lowest BCUT2D eigenvalue weighted by molar-refractivity contribution is 0.0910. The summed E-state index contributed by atoms with van der Waals surface area (Å²) in [6, 6.07) is 15.8. The van der Waals surface area contributed by atoms with Gasteiger partial charge >= 0.3 is 0 Å². The first kappa shape index (κ1) is 16.5. The summed E-state index contributed by atoms with van der Waals surface area (Å²) < 4.78 is 5.54. The average molecular weight is 362 g/mol. The number of nitrogens with zero attached hydrogens (tertiary/aromatic N) is 1. The lowest BCUT2D eigenvalue weighted by Crippen LogP contribution is -2.52. The summed E-state index contributed by atoms with van der Waals surface area (Å²) in [6.45, 7) is 0.976. The number of rotatable bonds is 3. The summed E-state index contributed by atoms with van der Waals surface area (Å²) in [5.41, 5.74) is 8.91. The molecule has 2 heterocycles. The molecule has 1 saturated heterocycles. The lowest BCUT2D eigenvalue weighted by atomic mass is 9.82. The molecule has 6 nitrogen and oxygen atoms in total. The van der Waals surface area contributed by atoms with Gasteiger partial charge in [-0.15, -0.1) is 0 Å². The molecule has 0 bridgehead atoms. The molecular formula is C21H22N4O2. The van der Waals surface area contributed by atoms with E-state index in [2.05, 4.69) is 21.3 Å². The highest BCUT2D eigenvalue weighted by molar-refractivity contribution is 6.01. The van der Waals surface area contributed by atoms with Crippen LogP contribution in [0.25, 0.3) is 22.2 Å². The minimum absolute atomic E-state index is 0.0449. The number of amides is 1. The first-order valence-corrected chi connectivity index (χ1v) is 9.54. The van der Waals surface area contributed by atoms with E-state index in [1.165, 1.54) is 6.42 Å². The zero-order chi connectivity index (χ0) is 18.2. The Hall–Kier alpha value is -2.70. The van der Waals surface area contributed by atoms with Crippen molar-refractivity contribution in [3.05, 3.63) is 54.1 Å². The van der Waals surface area contributed by atoms with E-state index in [1.54, 1.807) is 0 Å². The number of aromatic nitrogens is 1. The number of carbonyl (C=O) groups is 1. The number of hydrogen-bond donors (Lipinski definition) is 3. The minimum Gasteiger partial charge on any atom is -0.355 e. The van der Waals surface area contributed by atoms with Gasteiger partial charge in [-0.05, 0) is 37.0 Å². The summed E-state index contributed by atoms with van der Waals surface area (Å²) in [6.07, 6.45) is 3.37. The van der Waals surface area contributed by atoms with E-state index in [4.69, 9.17) is 4.52 Å². The zero-order valence-electron chi connectivity index (χ0n) is 14.9. The molecule has 3 atom stereocenters. The van der Waals surface area contributed by atoms with Crippen LogP contribution in [-0.4, -0.2) is 29.7 Å². The number of hydrogen-bond acceptors (Lipinski definition) is 5. The highest BCUT2D eigenvalue weighted by Crippen LogP contribution is 2.30. The summed E-state index contributed by atoms with van der Waals surface area (Å²) >= 11 is 0. The van der Waals surface area contributed by atoms with Crippen molar-refractivity contribution in [2.24, 2.45) is 5.92 Å². The molecule has 3 aromatic rings. The molecule has 3 N–H and O–H groups in total. The molecule has 1 aromatic heterocycles. The van der Waals surface area contributed by atoms with Gasteiger partial charge in [-0.25, -0.2) is 0 Å². The summed E-state index contributed by atoms with van der Waals surface area (Å²) in [5.74, 6) is 1.24. The van der Waals surface area contributed by atoms with Crippen LogP contribution in [0.5, 0.6) is 0 Å². The second kappa shape index (κ2) is 6.79. The molecule has 1 amide bonds. The van der Waals surface area contributed by atoms with Crippen LogP contribution in [-0.2, 0) is 0 Å². The fraction of sp³-hybridized carbons (Fsp3) is 0.333. The Kier molecular flexibility index (Phi) is 4.14. The fourth-order valence-corrected chi connectivity index (χ4v) is 4.34. The normalized spacial score (nSPS) is 24.7. The van der Waals surface area contributed by atoms with Crippen molar-refractivity contribution in [1.82, 2.24) is 21.3 Å². The third kappa shape index (κ3) is 3.01. The van der Waals surface area contributed by atoms with E-state index in [9.17, 15) is 4.79 Å². The van der Waals surface area contributed by atoms with Gasteiger partial charge in [0.15, 0.2) is 5.76 Å². The SMILES string of the molecule is O=C(NC1CCCC2CNNC21)c1ccc2noc(-c3ccccc3)c2c1. The smallest absolute Gasteiger partial charge is 0.251 e. The fourth-order valence-electron chi connectivity index (χ4n) is 4.34. The van der Waals surface area contributed by atoms with Crippen molar-refractivity contribution < 1.29 is 9.32 Å². The number of hydrazine groups is 1. The van der Waals surface area contributed by atoms with E-state index in [1.807, 2.05) is 48.5 Å². The van der Waals surface area contributed by atoms with E-state index < -0.39 is 0 Å². The molecule has 3 unspecified atom stereocenters. The molecule has 5 rings (SSSR count). The van der Waals surface area contributed by atoms with Gasteiger partial charge in [-0.2, -0.15) is 0 Å². The Morgan fingerprint density at radius 2 is 2.04 bits per heavy atom. The Bertz CT molecular complexity index is 969. The Morgan fingerprint density at radius 3 is 2.93 bits per heavy atom. The predicted molar refractivity (Wildman–Crippen MR) is 103 cm³/mol. The van der Waals surface area contributed by atoms with Crippen molar-refractivity contribution in [2.75, 3.05) is 6.54 Å². The van der Waals surface area contributed by atoms with E-state index >= 15 is 0 Å². The first-order valence-electron chi connectivity index (χ1n) is 9.54. The van der Waals surface area contributed by atoms with Crippen molar-refractivity contribution in [3.8, 4) is 11.3 Å². The maximum absolute atomic E-state index is 12.9. The maximum Gasteiger partial charge on any atom is 0.251 e. The van der Waals surface area contributed by atoms with Crippen molar-refractivity contribution in [3.63, 3.8) is 0 Å². The average Bonchev–Trinajstić information content (AvgIpc) is 3.35. The molecule has 0 spiro atoms. The number of benzene rings is 2. The molecule has 2 fully saturated rings. The topological polar surface area (TPSA) is 79.2 Å². The molecule has 0 radical (unpaired) electrons. The van der Waals surface area contributed by atoms with Crippen LogP contribution in [0, 0.1) is 5.92 Å². The van der Waals surface area contributed by atoms with Crippen molar-refractivity contribution >= 4 is 16.8 Å². The molecule has 2 aromatic carbocycles. The third-order valence-electron chi connectivity index (χ3n) is 5.76. The predicted octanol–water partition coefficient (Wildman–Crippen LogP) is 2.87. The molecule has 138 valence electrons. The lowest BCUT2D eigenvalue weighted by Gasteiger charge is -2.33. The second-order valence-electron chi connectivity index (χ2n) is 7.43. The van der Waals surface area contributed by atoms with Crippen LogP contribution in [0.4, 0.5) is 0 Å². The molecule has 1 saturated carbocycles. The molecule has 1 aliphatic carbocycles. The van der Waals surface area contributed by atoms with Gasteiger partial charge in [-0.3, -0.25) is 15.6 Å². The van der Waals surface area contributed by atoms with E-state index in [0.717, 1.165) is 35.9 Å². The van der Waals surface area contributed by atoms with E-state index in [0.29, 0.717) is 23.3 Å². The van der Waals surface area contributed by atoms with Gasteiger partial charge in [-0.1, -0.05) is 41.9 Å². The van der Waals surface area contributed by atoms with Crippen LogP contribution in [0.3, 0.4) is 0 Å². The summed E-state index contributed by atoms with van der Waals surface area (Å²) in [4.78, 5) is 12.9. The van der Waals surface area contributed by atoms with Crippen LogP contribution in [0.2, 0.25) is 0 Å². The largest absolute Gasteiger partial charge is 0.355 e. The Balaban J connectivity index is 1.42. The quantitative estimate of drug-likeness (QED) is 0.668. The van der Waals surface area contributed by atoms with Gasteiger partial charge in [0, 0.05) is 29.8 Å². The monoisotopic (exact) mass is 362 g/mol. The molecule has 2 aliphatic rings. The number of fused-ring (bicyclic) bond motifs is 2. The minimum atomic E-state index is -0.0449. The zero-order valence-corrected chi connectivity index (χ0v) is 14.9. The van der Waals surface area contributed by atoms with Crippen LogP contribution in [0.15, 0.2) is 53.1 Å². The van der Waals surface area contributed by atoms with Crippen molar-refractivity contribution in [1.29, 1.82) is 0 Å². The second-order valence-corrected chi connectivity index (χ2v) is 7.43. The summed E-state index contributed by atoms with van der Waals surface area (Å²) in [7, 11) is 0. The van der Waals surface area contributed by atoms with Gasteiger partial charge in [0.2, 0.25) is 0 Å². The first-order chi connectivity index (χ1) is 13.3. The van der Waals surface area contributed by atoms with Gasteiger partial charge in [0.05, 0.1) is 5.39 Å². The number of nitrogens with one attached hydrogen (secondary N) is 3. The molecular weight excluding hydrogens is 340 g/mol. The molecule has 6 heteroatoms. The Labute approximate surface area is 157 Å². The van der Waals surface area contributed by atoms with Crippen LogP contribution in [0.1, 0.15) is 29.6 Å². The maximum atomic E-state index is 12.9. The Morgan fingerprint density at radius 1 is 1.15 bits per heavy atom. The van der Waals surface area contributed by atoms with Gasteiger partial charge in [0.25, 0.3) is 5.91 Å². The van der Waals surface area contributed by atoms with Crippen molar-refractivity contribution in [2.45, 2.75) is 31.3 Å². The van der Waals surface area contributed by atoms with Gasteiger partial charge in [0.1, 0.15) is 5.52 Å². The molecule has 27 heavy (non-hydrogen) atoms. The molecule has 1 aliphatic heterocycles. The van der Waals surface area contributed by atoms with E-state index in [-0.39, 0.29) is 11.9 Å². The van der Waals surface area contributed by atoms with Crippen LogP contribution >= 0.6 is 0 Å². The van der Waals surface area contributed by atoms with Gasteiger partial charge < -0.3 is 9.84 Å². The highest BCUT2D eigenvalue weighted by Gasteiger charge is 2.37. The third-order valence-corrected chi connectivity index (χ3v) is 5.76. The summed E-state index contributed by atoms with van der Waals surface area (Å²) in [5, 5.41) is 8.22. The standard InChI is InChI=1S/C21H22N4O2/c26-21(23-18-8-4-7-15-12-22-24-19(15)18)14-9-10-17-16(11-14)20(27-25-17)13-5-2-1-3-6-13/h1-3,5-6,9-11,15,18-19,22,24H,4,7-8,12H2,(H,23,26).